The minimum Gasteiger partial charge on any atom is -0.497 e. The van der Waals surface area contributed by atoms with Gasteiger partial charge < -0.3 is 9.47 Å². The summed E-state index contributed by atoms with van der Waals surface area (Å²) in [4.78, 5) is 24.5. The fraction of sp³-hybridized carbons (Fsp3) is 0.333. The van der Waals surface area contributed by atoms with Crippen molar-refractivity contribution in [2.24, 2.45) is 0 Å². The molecule has 2 aromatic carbocycles. The zero-order valence-electron chi connectivity index (χ0n) is 16.2. The number of methoxy groups -OCH3 is 1. The molecule has 1 saturated heterocycles. The van der Waals surface area contributed by atoms with Crippen LogP contribution in [0.1, 0.15) is 40.0 Å². The molecule has 8 heteroatoms. The van der Waals surface area contributed by atoms with Crippen molar-refractivity contribution in [1.29, 1.82) is 0 Å². The number of hydrogen-bond donors (Lipinski definition) is 0. The Balaban J connectivity index is 1.60. The summed E-state index contributed by atoms with van der Waals surface area (Å²) in [5, 5.41) is 0. The number of Topliss-reactive ketones (excluding diaryl/α,β-unsaturated/α-hetero) is 1. The van der Waals surface area contributed by atoms with E-state index in [9.17, 15) is 18.0 Å². The summed E-state index contributed by atoms with van der Waals surface area (Å²) < 4.78 is 36.9. The molecule has 0 aliphatic carbocycles. The van der Waals surface area contributed by atoms with Gasteiger partial charge in [0.1, 0.15) is 5.75 Å². The van der Waals surface area contributed by atoms with Crippen molar-refractivity contribution in [1.82, 2.24) is 4.31 Å². The zero-order chi connectivity index (χ0) is 20.9. The summed E-state index contributed by atoms with van der Waals surface area (Å²) in [5.41, 5.74) is 0.590. The molecule has 1 fully saturated rings. The molecular formula is C21H23NO6S. The van der Waals surface area contributed by atoms with E-state index < -0.39 is 22.6 Å². The van der Waals surface area contributed by atoms with Crippen LogP contribution in [0.15, 0.2) is 53.4 Å². The molecule has 1 aliphatic rings. The van der Waals surface area contributed by atoms with E-state index in [1.165, 1.54) is 35.7 Å². The summed E-state index contributed by atoms with van der Waals surface area (Å²) in [6.07, 6.45) is 2.74. The Hall–Kier alpha value is -2.71. The van der Waals surface area contributed by atoms with Crippen molar-refractivity contribution in [2.45, 2.75) is 24.2 Å². The maximum absolute atomic E-state index is 12.6. The number of carbonyl (C=O) groups excluding carboxylic acids is 2. The molecule has 0 aromatic heterocycles. The maximum atomic E-state index is 12.6. The molecule has 3 rings (SSSR count). The number of benzene rings is 2. The number of sulfonamides is 1. The first-order valence-corrected chi connectivity index (χ1v) is 10.8. The molecule has 0 atom stereocenters. The monoisotopic (exact) mass is 417 g/mol. The van der Waals surface area contributed by atoms with Crippen molar-refractivity contribution < 1.29 is 27.5 Å². The largest absolute Gasteiger partial charge is 0.497 e. The van der Waals surface area contributed by atoms with Gasteiger partial charge in [0.05, 0.1) is 17.6 Å². The highest BCUT2D eigenvalue weighted by atomic mass is 32.2. The third-order valence-corrected chi connectivity index (χ3v) is 6.70. The molecule has 0 radical (unpaired) electrons. The van der Waals surface area contributed by atoms with Crippen molar-refractivity contribution >= 4 is 21.8 Å². The van der Waals surface area contributed by atoms with Crippen LogP contribution in [0.2, 0.25) is 0 Å². The lowest BCUT2D eigenvalue weighted by Crippen LogP contribution is -2.35. The van der Waals surface area contributed by atoms with Crippen LogP contribution in [0, 0.1) is 0 Å². The average molecular weight is 417 g/mol. The van der Waals surface area contributed by atoms with E-state index in [1.54, 1.807) is 24.3 Å². The lowest BCUT2D eigenvalue weighted by atomic mass is 10.1. The van der Waals surface area contributed by atoms with Gasteiger partial charge in [-0.3, -0.25) is 4.79 Å². The molecule has 0 spiro atoms. The lowest BCUT2D eigenvalue weighted by molar-refractivity contribution is 0.0474. The fourth-order valence-corrected chi connectivity index (χ4v) is 4.61. The molecule has 29 heavy (non-hydrogen) atoms. The number of carbonyl (C=O) groups is 2. The Morgan fingerprint density at radius 1 is 0.897 bits per heavy atom. The first-order valence-electron chi connectivity index (χ1n) is 9.36. The van der Waals surface area contributed by atoms with Crippen LogP contribution in [-0.2, 0) is 14.8 Å². The normalized spacial score (nSPS) is 14.9. The Morgan fingerprint density at radius 3 is 2.07 bits per heavy atom. The molecule has 0 bridgehead atoms. The quantitative estimate of drug-likeness (QED) is 0.508. The number of ketones is 1. The summed E-state index contributed by atoms with van der Waals surface area (Å²) in [6.45, 7) is 0.623. The van der Waals surface area contributed by atoms with Crippen molar-refractivity contribution in [3.05, 3.63) is 59.7 Å². The van der Waals surface area contributed by atoms with Gasteiger partial charge in [-0.15, -0.1) is 0 Å². The molecule has 0 saturated carbocycles. The maximum Gasteiger partial charge on any atom is 0.338 e. The SMILES string of the molecule is COc1ccc(C(=O)COC(=O)c2ccc(S(=O)(=O)N3CCCCC3)cc2)cc1. The molecule has 0 unspecified atom stereocenters. The second kappa shape index (κ2) is 9.19. The first-order chi connectivity index (χ1) is 13.9. The van der Waals surface area contributed by atoms with Crippen molar-refractivity contribution in [2.75, 3.05) is 26.8 Å². The van der Waals surface area contributed by atoms with Gasteiger partial charge in [-0.2, -0.15) is 4.31 Å². The molecular weight excluding hydrogens is 394 g/mol. The van der Waals surface area contributed by atoms with Gasteiger partial charge in [-0.25, -0.2) is 13.2 Å². The summed E-state index contributed by atoms with van der Waals surface area (Å²) >= 11 is 0. The number of piperidine rings is 1. The summed E-state index contributed by atoms with van der Waals surface area (Å²) in [5.74, 6) is -0.405. The smallest absolute Gasteiger partial charge is 0.338 e. The van der Waals surface area contributed by atoms with E-state index in [2.05, 4.69) is 0 Å². The number of ether oxygens (including phenoxy) is 2. The Bertz CT molecular complexity index is 961. The van der Waals surface area contributed by atoms with E-state index in [4.69, 9.17) is 9.47 Å². The van der Waals surface area contributed by atoms with E-state index >= 15 is 0 Å². The number of hydrogen-bond acceptors (Lipinski definition) is 6. The molecule has 154 valence electrons. The highest BCUT2D eigenvalue weighted by molar-refractivity contribution is 7.89. The number of rotatable bonds is 7. The van der Waals surface area contributed by atoms with Crippen LogP contribution < -0.4 is 4.74 Å². The summed E-state index contributed by atoms with van der Waals surface area (Å²) in [6, 6.07) is 12.1. The predicted molar refractivity (Wildman–Crippen MR) is 107 cm³/mol. The van der Waals surface area contributed by atoms with E-state index in [0.717, 1.165) is 19.3 Å². The van der Waals surface area contributed by atoms with Gasteiger partial charge in [0.25, 0.3) is 0 Å². The third-order valence-electron chi connectivity index (χ3n) is 4.79. The van der Waals surface area contributed by atoms with Gasteiger partial charge in [-0.1, -0.05) is 6.42 Å². The van der Waals surface area contributed by atoms with Gasteiger partial charge in [0.15, 0.2) is 12.4 Å². The first kappa shape index (κ1) is 21.0. The van der Waals surface area contributed by atoms with E-state index in [0.29, 0.717) is 24.4 Å². The third kappa shape index (κ3) is 5.02. The molecule has 0 N–H and O–H groups in total. The van der Waals surface area contributed by atoms with Gasteiger partial charge in [0.2, 0.25) is 10.0 Å². The van der Waals surface area contributed by atoms with Crippen LogP contribution >= 0.6 is 0 Å². The topological polar surface area (TPSA) is 90.0 Å². The Morgan fingerprint density at radius 2 is 1.48 bits per heavy atom. The second-order valence-corrected chi connectivity index (χ2v) is 8.65. The molecule has 1 heterocycles. The summed E-state index contributed by atoms with van der Waals surface area (Å²) in [7, 11) is -2.03. The van der Waals surface area contributed by atoms with Crippen LogP contribution in [-0.4, -0.2) is 51.3 Å². The molecule has 0 amide bonds. The molecule has 2 aromatic rings. The minimum atomic E-state index is -3.56. The highest BCUT2D eigenvalue weighted by Crippen LogP contribution is 2.21. The molecule has 7 nitrogen and oxygen atoms in total. The van der Waals surface area contributed by atoms with Crippen LogP contribution in [0.5, 0.6) is 5.75 Å². The van der Waals surface area contributed by atoms with Crippen LogP contribution in [0.25, 0.3) is 0 Å². The Kier molecular flexibility index (Phi) is 6.66. The van der Waals surface area contributed by atoms with Crippen molar-refractivity contribution in [3.63, 3.8) is 0 Å². The van der Waals surface area contributed by atoms with Gasteiger partial charge in [0, 0.05) is 18.7 Å². The van der Waals surface area contributed by atoms with Gasteiger partial charge in [-0.05, 0) is 61.4 Å². The van der Waals surface area contributed by atoms with Crippen molar-refractivity contribution in [3.8, 4) is 5.75 Å². The fourth-order valence-electron chi connectivity index (χ4n) is 3.09. The zero-order valence-corrected chi connectivity index (χ0v) is 17.0. The Labute approximate surface area is 170 Å². The standard InChI is InChI=1S/C21H23NO6S/c1-27-18-9-5-16(6-10-18)20(23)15-28-21(24)17-7-11-19(12-8-17)29(25,26)22-13-3-2-4-14-22/h5-12H,2-4,13-15H2,1H3. The van der Waals surface area contributed by atoms with Gasteiger partial charge >= 0.3 is 5.97 Å². The van der Waals surface area contributed by atoms with E-state index in [-0.39, 0.29) is 16.2 Å². The van der Waals surface area contributed by atoms with E-state index in [1.807, 2.05) is 0 Å². The van der Waals surface area contributed by atoms with Crippen LogP contribution in [0.3, 0.4) is 0 Å². The number of nitrogens with zero attached hydrogens (tertiary/aromatic N) is 1. The average Bonchev–Trinajstić information content (AvgIpc) is 2.78. The highest BCUT2D eigenvalue weighted by Gasteiger charge is 2.26. The minimum absolute atomic E-state index is 0.144. The number of esters is 1. The lowest BCUT2D eigenvalue weighted by Gasteiger charge is -2.25. The second-order valence-electron chi connectivity index (χ2n) is 6.72. The van der Waals surface area contributed by atoms with Crippen LogP contribution in [0.4, 0.5) is 0 Å². The molecule has 1 aliphatic heterocycles. The predicted octanol–water partition coefficient (Wildman–Crippen LogP) is 2.91.